The molecule has 1 atom stereocenters. The van der Waals surface area contributed by atoms with Crippen molar-refractivity contribution in [3.8, 4) is 5.75 Å². The summed E-state index contributed by atoms with van der Waals surface area (Å²) in [6, 6.07) is 11.5. The van der Waals surface area contributed by atoms with Crippen LogP contribution >= 0.6 is 0 Å². The van der Waals surface area contributed by atoms with Gasteiger partial charge in [-0.2, -0.15) is 0 Å². The maximum absolute atomic E-state index is 12.8. The predicted octanol–water partition coefficient (Wildman–Crippen LogP) is 4.03. The van der Waals surface area contributed by atoms with Gasteiger partial charge in [0.1, 0.15) is 11.9 Å². The van der Waals surface area contributed by atoms with Gasteiger partial charge >= 0.3 is 0 Å². The molecule has 0 spiro atoms. The zero-order valence-corrected chi connectivity index (χ0v) is 11.4. The first kappa shape index (κ1) is 14.0. The Kier molecular flexibility index (Phi) is 3.88. The van der Waals surface area contributed by atoms with Crippen molar-refractivity contribution in [2.45, 2.75) is 25.4 Å². The first-order valence-electron chi connectivity index (χ1n) is 6.97. The molecule has 4 heteroatoms. The van der Waals surface area contributed by atoms with Crippen LogP contribution in [0.2, 0.25) is 0 Å². The van der Waals surface area contributed by atoms with Crippen molar-refractivity contribution in [1.82, 2.24) is 0 Å². The number of aliphatic hydroxyl groups is 1. The lowest BCUT2D eigenvalue weighted by Gasteiger charge is -2.23. The fourth-order valence-electron chi connectivity index (χ4n) is 2.67. The minimum absolute atomic E-state index is 0.0859. The van der Waals surface area contributed by atoms with Gasteiger partial charge < -0.3 is 9.84 Å². The summed E-state index contributed by atoms with van der Waals surface area (Å²) in [5, 5.41) is 10.5. The Morgan fingerprint density at radius 2 is 1.81 bits per heavy atom. The quantitative estimate of drug-likeness (QED) is 0.924. The van der Waals surface area contributed by atoms with E-state index in [2.05, 4.69) is 0 Å². The standard InChI is InChI=1S/C17H16F2O2/c18-17(19)13-6-1-5-12(10-13)15(20)14-8-2-4-11-7-3-9-21-16(11)14/h1-2,4-6,8,10,15,17,20H,3,7,9H2. The van der Waals surface area contributed by atoms with Gasteiger partial charge in [-0.15, -0.1) is 0 Å². The molecule has 2 aromatic rings. The maximum atomic E-state index is 12.8. The molecule has 1 N–H and O–H groups in total. The third-order valence-electron chi connectivity index (χ3n) is 3.74. The van der Waals surface area contributed by atoms with Gasteiger partial charge in [-0.05, 0) is 30.0 Å². The number of ether oxygens (including phenoxy) is 1. The van der Waals surface area contributed by atoms with Crippen LogP contribution in [0.3, 0.4) is 0 Å². The summed E-state index contributed by atoms with van der Waals surface area (Å²) in [7, 11) is 0. The van der Waals surface area contributed by atoms with Gasteiger partial charge in [0.15, 0.2) is 0 Å². The van der Waals surface area contributed by atoms with E-state index in [1.165, 1.54) is 18.2 Å². The van der Waals surface area contributed by atoms with E-state index in [0.717, 1.165) is 18.4 Å². The topological polar surface area (TPSA) is 29.5 Å². The summed E-state index contributed by atoms with van der Waals surface area (Å²) in [5.41, 5.74) is 2.06. The number of alkyl halides is 2. The first-order chi connectivity index (χ1) is 10.2. The molecule has 0 aliphatic carbocycles. The van der Waals surface area contributed by atoms with Crippen LogP contribution in [-0.4, -0.2) is 11.7 Å². The molecule has 1 heterocycles. The molecule has 0 saturated heterocycles. The molecular formula is C17H16F2O2. The molecule has 0 aromatic heterocycles. The zero-order chi connectivity index (χ0) is 14.8. The molecule has 1 unspecified atom stereocenters. The number of aryl methyl sites for hydroxylation is 1. The normalized spacial score (nSPS) is 15.4. The lowest BCUT2D eigenvalue weighted by Crippen LogP contribution is -2.12. The highest BCUT2D eigenvalue weighted by atomic mass is 19.3. The van der Waals surface area contributed by atoms with Crippen LogP contribution in [0.5, 0.6) is 5.75 Å². The number of para-hydroxylation sites is 1. The van der Waals surface area contributed by atoms with E-state index in [4.69, 9.17) is 4.74 Å². The fraction of sp³-hybridized carbons (Fsp3) is 0.294. The molecule has 0 bridgehead atoms. The molecule has 1 aliphatic heterocycles. The number of benzene rings is 2. The monoisotopic (exact) mass is 290 g/mol. The number of fused-ring (bicyclic) bond motifs is 1. The second-order valence-electron chi connectivity index (χ2n) is 5.16. The van der Waals surface area contributed by atoms with E-state index in [9.17, 15) is 13.9 Å². The Bertz CT molecular complexity index is 640. The second kappa shape index (κ2) is 5.82. The first-order valence-corrected chi connectivity index (χ1v) is 6.97. The molecule has 2 aromatic carbocycles. The van der Waals surface area contributed by atoms with Crippen molar-refractivity contribution in [1.29, 1.82) is 0 Å². The highest BCUT2D eigenvalue weighted by molar-refractivity contribution is 5.47. The van der Waals surface area contributed by atoms with E-state index in [-0.39, 0.29) is 5.56 Å². The largest absolute Gasteiger partial charge is 0.493 e. The van der Waals surface area contributed by atoms with Crippen molar-refractivity contribution in [3.63, 3.8) is 0 Å². The van der Waals surface area contributed by atoms with Crippen molar-refractivity contribution in [2.75, 3.05) is 6.61 Å². The van der Waals surface area contributed by atoms with Crippen LogP contribution in [0.25, 0.3) is 0 Å². The Morgan fingerprint density at radius 1 is 1.05 bits per heavy atom. The smallest absolute Gasteiger partial charge is 0.263 e. The molecular weight excluding hydrogens is 274 g/mol. The van der Waals surface area contributed by atoms with Crippen molar-refractivity contribution in [2.24, 2.45) is 0 Å². The van der Waals surface area contributed by atoms with E-state index in [1.807, 2.05) is 12.1 Å². The van der Waals surface area contributed by atoms with Crippen LogP contribution in [0.4, 0.5) is 8.78 Å². The van der Waals surface area contributed by atoms with E-state index >= 15 is 0 Å². The third kappa shape index (κ3) is 2.76. The van der Waals surface area contributed by atoms with Gasteiger partial charge in [0.05, 0.1) is 6.61 Å². The molecule has 0 fully saturated rings. The lowest BCUT2D eigenvalue weighted by molar-refractivity contribution is 0.150. The Morgan fingerprint density at radius 3 is 2.62 bits per heavy atom. The van der Waals surface area contributed by atoms with Gasteiger partial charge in [0, 0.05) is 11.1 Å². The van der Waals surface area contributed by atoms with Gasteiger partial charge in [0.2, 0.25) is 0 Å². The van der Waals surface area contributed by atoms with Gasteiger partial charge in [-0.25, -0.2) is 8.78 Å². The summed E-state index contributed by atoms with van der Waals surface area (Å²) >= 11 is 0. The average Bonchev–Trinajstić information content (AvgIpc) is 2.53. The highest BCUT2D eigenvalue weighted by Crippen LogP contribution is 2.36. The number of rotatable bonds is 3. The summed E-state index contributed by atoms with van der Waals surface area (Å²) in [6.45, 7) is 0.619. The predicted molar refractivity (Wildman–Crippen MR) is 75.7 cm³/mol. The van der Waals surface area contributed by atoms with E-state index < -0.39 is 12.5 Å². The summed E-state index contributed by atoms with van der Waals surface area (Å²) in [5.74, 6) is 0.693. The summed E-state index contributed by atoms with van der Waals surface area (Å²) in [4.78, 5) is 0. The van der Waals surface area contributed by atoms with Crippen LogP contribution in [0, 0.1) is 0 Å². The second-order valence-corrected chi connectivity index (χ2v) is 5.16. The van der Waals surface area contributed by atoms with Crippen molar-refractivity contribution in [3.05, 3.63) is 64.7 Å². The fourth-order valence-corrected chi connectivity index (χ4v) is 2.67. The molecule has 1 aliphatic rings. The van der Waals surface area contributed by atoms with Gasteiger partial charge in [-0.3, -0.25) is 0 Å². The van der Waals surface area contributed by atoms with Crippen LogP contribution in [0.15, 0.2) is 42.5 Å². The Balaban J connectivity index is 1.99. The summed E-state index contributed by atoms with van der Waals surface area (Å²) in [6.07, 6.45) is -1.64. The Hall–Kier alpha value is -1.94. The SMILES string of the molecule is OC(c1cccc(C(F)F)c1)c1cccc2c1OCCC2. The van der Waals surface area contributed by atoms with Crippen LogP contribution in [-0.2, 0) is 6.42 Å². The number of halogens is 2. The maximum Gasteiger partial charge on any atom is 0.263 e. The lowest BCUT2D eigenvalue weighted by atomic mass is 9.95. The minimum atomic E-state index is -2.54. The molecule has 3 rings (SSSR count). The van der Waals surface area contributed by atoms with Crippen LogP contribution in [0.1, 0.15) is 41.2 Å². The number of hydrogen-bond acceptors (Lipinski definition) is 2. The number of aliphatic hydroxyl groups excluding tert-OH is 1. The van der Waals surface area contributed by atoms with E-state index in [1.54, 1.807) is 12.1 Å². The molecule has 0 amide bonds. The van der Waals surface area contributed by atoms with E-state index in [0.29, 0.717) is 23.5 Å². The zero-order valence-electron chi connectivity index (χ0n) is 11.4. The molecule has 2 nitrogen and oxygen atoms in total. The molecule has 0 radical (unpaired) electrons. The molecule has 21 heavy (non-hydrogen) atoms. The van der Waals surface area contributed by atoms with Gasteiger partial charge in [-0.1, -0.05) is 36.4 Å². The van der Waals surface area contributed by atoms with Crippen molar-refractivity contribution >= 4 is 0 Å². The van der Waals surface area contributed by atoms with Crippen LogP contribution < -0.4 is 4.74 Å². The Labute approximate surface area is 122 Å². The van der Waals surface area contributed by atoms with Crippen molar-refractivity contribution < 1.29 is 18.6 Å². The van der Waals surface area contributed by atoms with Gasteiger partial charge in [0.25, 0.3) is 6.43 Å². The summed E-state index contributed by atoms with van der Waals surface area (Å²) < 4.78 is 31.2. The number of hydrogen-bond donors (Lipinski definition) is 1. The molecule has 0 saturated carbocycles. The highest BCUT2D eigenvalue weighted by Gasteiger charge is 2.21. The molecule has 110 valence electrons. The average molecular weight is 290 g/mol. The third-order valence-corrected chi connectivity index (χ3v) is 3.74. The minimum Gasteiger partial charge on any atom is -0.493 e.